The van der Waals surface area contributed by atoms with Gasteiger partial charge >= 0.3 is 0 Å². The van der Waals surface area contributed by atoms with Crippen molar-refractivity contribution in [3.8, 4) is 0 Å². The smallest absolute Gasteiger partial charge is 0.273 e. The molecular formula is C7H10N2O2. The molecule has 0 spiro atoms. The summed E-state index contributed by atoms with van der Waals surface area (Å²) in [5.41, 5.74) is 0.388. The molecule has 0 N–H and O–H groups in total. The van der Waals surface area contributed by atoms with E-state index in [9.17, 15) is 4.79 Å². The number of nitrogens with zero attached hydrogens (tertiary/aromatic N) is 2. The zero-order chi connectivity index (χ0) is 8.27. The first-order valence-electron chi connectivity index (χ1n) is 3.26. The molecule has 0 aliphatic rings. The van der Waals surface area contributed by atoms with Gasteiger partial charge in [0.25, 0.3) is 5.56 Å². The number of aromatic nitrogens is 2. The molecule has 0 atom stereocenters. The largest absolute Gasteiger partial charge is 0.364 e. The third-order valence-corrected chi connectivity index (χ3v) is 1.35. The number of methoxy groups -OCH3 is 1. The van der Waals surface area contributed by atoms with Gasteiger partial charge in [0.15, 0.2) is 0 Å². The topological polar surface area (TPSA) is 44.1 Å². The minimum Gasteiger partial charge on any atom is -0.364 e. The minimum absolute atomic E-state index is 0.102. The van der Waals surface area contributed by atoms with Crippen LogP contribution in [0.25, 0.3) is 0 Å². The summed E-state index contributed by atoms with van der Waals surface area (Å²) in [6.45, 7) is 1.96. The fourth-order valence-corrected chi connectivity index (χ4v) is 0.797. The summed E-state index contributed by atoms with van der Waals surface area (Å²) in [6.07, 6.45) is 3.18. The summed E-state index contributed by atoms with van der Waals surface area (Å²) in [6, 6.07) is 0. The first-order valence-corrected chi connectivity index (χ1v) is 3.26. The van der Waals surface area contributed by atoms with Crippen molar-refractivity contribution < 1.29 is 4.74 Å². The molecule has 0 fully saturated rings. The normalized spacial score (nSPS) is 10.0. The molecule has 0 aliphatic carbocycles. The summed E-state index contributed by atoms with van der Waals surface area (Å²) in [4.78, 5) is 15.0. The van der Waals surface area contributed by atoms with E-state index < -0.39 is 0 Å². The van der Waals surface area contributed by atoms with Crippen LogP contribution in [-0.2, 0) is 11.5 Å². The zero-order valence-electron chi connectivity index (χ0n) is 6.57. The summed E-state index contributed by atoms with van der Waals surface area (Å²) in [7, 11) is 1.54. The van der Waals surface area contributed by atoms with E-state index in [1.807, 2.05) is 0 Å². The predicted molar refractivity (Wildman–Crippen MR) is 40.2 cm³/mol. The molecule has 1 aromatic rings. The Kier molecular flexibility index (Phi) is 2.38. The quantitative estimate of drug-likeness (QED) is 0.609. The van der Waals surface area contributed by atoms with Gasteiger partial charge in [-0.25, -0.2) is 0 Å². The van der Waals surface area contributed by atoms with Gasteiger partial charge in [-0.2, -0.15) is 0 Å². The number of rotatable bonds is 2. The van der Waals surface area contributed by atoms with Gasteiger partial charge in [0, 0.05) is 19.5 Å². The van der Waals surface area contributed by atoms with Crippen LogP contribution < -0.4 is 5.56 Å². The molecular weight excluding hydrogens is 144 g/mol. The zero-order valence-corrected chi connectivity index (χ0v) is 6.57. The van der Waals surface area contributed by atoms with Gasteiger partial charge < -0.3 is 4.74 Å². The average molecular weight is 154 g/mol. The highest BCUT2D eigenvalue weighted by Gasteiger charge is 1.96. The van der Waals surface area contributed by atoms with E-state index in [1.54, 1.807) is 26.4 Å². The maximum Gasteiger partial charge on any atom is 0.273 e. The molecule has 1 heterocycles. The van der Waals surface area contributed by atoms with Crippen LogP contribution in [0.1, 0.15) is 5.69 Å². The van der Waals surface area contributed by atoms with Crippen molar-refractivity contribution in [2.75, 3.05) is 7.11 Å². The van der Waals surface area contributed by atoms with Crippen LogP contribution in [0.2, 0.25) is 0 Å². The summed E-state index contributed by atoms with van der Waals surface area (Å²) < 4.78 is 6.26. The van der Waals surface area contributed by atoms with Crippen molar-refractivity contribution in [3.63, 3.8) is 0 Å². The second kappa shape index (κ2) is 3.30. The number of aryl methyl sites for hydroxylation is 1. The van der Waals surface area contributed by atoms with Gasteiger partial charge in [0.2, 0.25) is 0 Å². The van der Waals surface area contributed by atoms with Crippen LogP contribution in [0.15, 0.2) is 17.2 Å². The molecule has 0 saturated heterocycles. The highest BCUT2D eigenvalue weighted by atomic mass is 16.5. The fourth-order valence-electron chi connectivity index (χ4n) is 0.797. The van der Waals surface area contributed by atoms with Gasteiger partial charge in [-0.3, -0.25) is 14.3 Å². The maximum atomic E-state index is 11.2. The van der Waals surface area contributed by atoms with Gasteiger partial charge in [0.05, 0.1) is 0 Å². The van der Waals surface area contributed by atoms with E-state index in [1.165, 1.54) is 4.57 Å². The van der Waals surface area contributed by atoms with Gasteiger partial charge in [0.1, 0.15) is 12.4 Å². The first kappa shape index (κ1) is 7.94. The second-order valence-electron chi connectivity index (χ2n) is 2.21. The molecule has 0 aromatic carbocycles. The summed E-state index contributed by atoms with van der Waals surface area (Å²) in [5, 5.41) is 0. The first-order chi connectivity index (χ1) is 5.25. The lowest BCUT2D eigenvalue weighted by Gasteiger charge is -2.02. The molecule has 60 valence electrons. The molecule has 1 rings (SSSR count). The van der Waals surface area contributed by atoms with E-state index in [2.05, 4.69) is 4.98 Å². The van der Waals surface area contributed by atoms with Crippen LogP contribution in [0.5, 0.6) is 0 Å². The van der Waals surface area contributed by atoms with Crippen molar-refractivity contribution in [1.29, 1.82) is 0 Å². The number of ether oxygens (including phenoxy) is 1. The number of hydrogen-bond donors (Lipinski definition) is 0. The highest BCUT2D eigenvalue weighted by molar-refractivity contribution is 4.93. The summed E-state index contributed by atoms with van der Waals surface area (Å²) >= 11 is 0. The van der Waals surface area contributed by atoms with Crippen LogP contribution in [0, 0.1) is 6.92 Å². The van der Waals surface area contributed by atoms with Crippen molar-refractivity contribution in [1.82, 2.24) is 9.55 Å². The lowest BCUT2D eigenvalue weighted by atomic mass is 10.5. The Hall–Kier alpha value is -1.16. The van der Waals surface area contributed by atoms with Gasteiger partial charge in [-0.05, 0) is 6.92 Å². The number of hydrogen-bond acceptors (Lipinski definition) is 3. The molecule has 0 radical (unpaired) electrons. The molecule has 0 amide bonds. The molecule has 0 bridgehead atoms. The molecule has 1 aromatic heterocycles. The summed E-state index contributed by atoms with van der Waals surface area (Å²) in [5.74, 6) is 0. The SMILES string of the molecule is COCn1ccnc(C)c1=O. The third-order valence-electron chi connectivity index (χ3n) is 1.35. The van der Waals surface area contributed by atoms with E-state index >= 15 is 0 Å². The Balaban J connectivity index is 3.07. The van der Waals surface area contributed by atoms with Gasteiger partial charge in [-0.1, -0.05) is 0 Å². The van der Waals surface area contributed by atoms with E-state index in [-0.39, 0.29) is 12.3 Å². The molecule has 4 heteroatoms. The average Bonchev–Trinajstić information content (AvgIpc) is 1.99. The van der Waals surface area contributed by atoms with Crippen molar-refractivity contribution in [2.24, 2.45) is 0 Å². The molecule has 4 nitrogen and oxygen atoms in total. The Morgan fingerprint density at radius 1 is 1.73 bits per heavy atom. The Morgan fingerprint density at radius 3 is 3.09 bits per heavy atom. The van der Waals surface area contributed by atoms with Crippen molar-refractivity contribution >= 4 is 0 Å². The highest BCUT2D eigenvalue weighted by Crippen LogP contribution is 1.83. The van der Waals surface area contributed by atoms with Crippen LogP contribution in [0.4, 0.5) is 0 Å². The molecule has 11 heavy (non-hydrogen) atoms. The molecule has 0 unspecified atom stereocenters. The Morgan fingerprint density at radius 2 is 2.45 bits per heavy atom. The Labute approximate surface area is 64.5 Å². The second-order valence-corrected chi connectivity index (χ2v) is 2.21. The van der Waals surface area contributed by atoms with E-state index in [0.29, 0.717) is 5.69 Å². The van der Waals surface area contributed by atoms with Crippen LogP contribution in [0.3, 0.4) is 0 Å². The van der Waals surface area contributed by atoms with E-state index in [0.717, 1.165) is 0 Å². The lowest BCUT2D eigenvalue weighted by molar-refractivity contribution is 0.127. The molecule has 0 saturated carbocycles. The van der Waals surface area contributed by atoms with Crippen LogP contribution in [-0.4, -0.2) is 16.7 Å². The van der Waals surface area contributed by atoms with Crippen LogP contribution >= 0.6 is 0 Å². The Bertz CT molecular complexity index is 293. The van der Waals surface area contributed by atoms with E-state index in [4.69, 9.17) is 4.74 Å². The third kappa shape index (κ3) is 1.65. The lowest BCUT2D eigenvalue weighted by Crippen LogP contribution is -2.23. The minimum atomic E-state index is -0.102. The fraction of sp³-hybridized carbons (Fsp3) is 0.429. The maximum absolute atomic E-state index is 11.2. The van der Waals surface area contributed by atoms with Crippen molar-refractivity contribution in [3.05, 3.63) is 28.4 Å². The monoisotopic (exact) mass is 154 g/mol. The van der Waals surface area contributed by atoms with Gasteiger partial charge in [-0.15, -0.1) is 0 Å². The predicted octanol–water partition coefficient (Wildman–Crippen LogP) is 0.156. The standard InChI is InChI=1S/C7H10N2O2/c1-6-7(10)9(5-11-2)4-3-8-6/h3-4H,5H2,1-2H3. The van der Waals surface area contributed by atoms with Crippen molar-refractivity contribution in [2.45, 2.75) is 13.7 Å². The molecule has 0 aliphatic heterocycles.